The van der Waals surface area contributed by atoms with Gasteiger partial charge in [-0.3, -0.25) is 9.97 Å². The van der Waals surface area contributed by atoms with Crippen molar-refractivity contribution < 1.29 is 4.74 Å². The number of anilines is 1. The van der Waals surface area contributed by atoms with Crippen LogP contribution in [-0.4, -0.2) is 15.0 Å². The van der Waals surface area contributed by atoms with Gasteiger partial charge in [0.2, 0.25) is 5.88 Å². The summed E-state index contributed by atoms with van der Waals surface area (Å²) in [6, 6.07) is 3.78. The van der Waals surface area contributed by atoms with Crippen molar-refractivity contribution in [1.82, 2.24) is 15.0 Å². The van der Waals surface area contributed by atoms with Crippen molar-refractivity contribution in [2.45, 2.75) is 20.3 Å². The van der Waals surface area contributed by atoms with Gasteiger partial charge in [0.1, 0.15) is 5.82 Å². The third-order valence-electron chi connectivity index (χ3n) is 2.25. The number of aromatic nitrogens is 3. The van der Waals surface area contributed by atoms with E-state index >= 15 is 0 Å². The van der Waals surface area contributed by atoms with Crippen molar-refractivity contribution in [3.8, 4) is 11.6 Å². The lowest BCUT2D eigenvalue weighted by Gasteiger charge is -2.09. The Morgan fingerprint density at radius 1 is 1.24 bits per heavy atom. The first kappa shape index (κ1) is 11.3. The largest absolute Gasteiger partial charge is 0.436 e. The van der Waals surface area contributed by atoms with E-state index in [1.165, 1.54) is 12.4 Å². The first-order valence-electron chi connectivity index (χ1n) is 5.41. The van der Waals surface area contributed by atoms with Gasteiger partial charge in [0.15, 0.2) is 5.75 Å². The molecule has 0 aliphatic heterocycles. The number of nitrogen functional groups attached to an aromatic ring is 1. The molecular weight excluding hydrogens is 216 g/mol. The molecule has 5 nitrogen and oxygen atoms in total. The number of pyridine rings is 1. The van der Waals surface area contributed by atoms with Crippen LogP contribution in [0.25, 0.3) is 0 Å². The highest BCUT2D eigenvalue weighted by Crippen LogP contribution is 2.23. The Hall–Kier alpha value is -2.17. The van der Waals surface area contributed by atoms with Crippen LogP contribution in [0.2, 0.25) is 0 Å². The van der Waals surface area contributed by atoms with Crippen molar-refractivity contribution in [2.24, 2.45) is 0 Å². The van der Waals surface area contributed by atoms with Gasteiger partial charge in [-0.25, -0.2) is 0 Å². The maximum Gasteiger partial charge on any atom is 0.239 e. The normalized spacial score (nSPS) is 10.2. The van der Waals surface area contributed by atoms with Gasteiger partial charge in [-0.05, 0) is 25.5 Å². The van der Waals surface area contributed by atoms with Crippen LogP contribution in [0, 0.1) is 6.92 Å². The molecule has 2 heterocycles. The third kappa shape index (κ3) is 2.69. The molecular formula is C12H14N4O. The maximum atomic E-state index is 5.62. The molecule has 0 aliphatic rings. The van der Waals surface area contributed by atoms with Gasteiger partial charge in [-0.15, -0.1) is 0 Å². The topological polar surface area (TPSA) is 73.9 Å². The van der Waals surface area contributed by atoms with Crippen LogP contribution in [0.15, 0.2) is 24.5 Å². The van der Waals surface area contributed by atoms with E-state index in [2.05, 4.69) is 15.0 Å². The molecule has 0 atom stereocenters. The highest BCUT2D eigenvalue weighted by molar-refractivity contribution is 5.34. The quantitative estimate of drug-likeness (QED) is 0.874. The number of hydrogen-bond acceptors (Lipinski definition) is 5. The summed E-state index contributed by atoms with van der Waals surface area (Å²) >= 11 is 0. The summed E-state index contributed by atoms with van der Waals surface area (Å²) in [5.74, 6) is 1.41. The summed E-state index contributed by atoms with van der Waals surface area (Å²) in [5, 5.41) is 0. The number of nitrogens with two attached hydrogens (primary N) is 1. The van der Waals surface area contributed by atoms with Crippen molar-refractivity contribution in [3.63, 3.8) is 0 Å². The molecule has 0 spiro atoms. The fraction of sp³-hybridized carbons (Fsp3) is 0.250. The van der Waals surface area contributed by atoms with Crippen molar-refractivity contribution >= 4 is 5.82 Å². The van der Waals surface area contributed by atoms with E-state index in [1.54, 1.807) is 0 Å². The summed E-state index contributed by atoms with van der Waals surface area (Å²) in [4.78, 5) is 12.4. The summed E-state index contributed by atoms with van der Waals surface area (Å²) in [5.41, 5.74) is 7.40. The number of aryl methyl sites for hydroxylation is 2. The van der Waals surface area contributed by atoms with Gasteiger partial charge in [0, 0.05) is 5.69 Å². The second kappa shape index (κ2) is 4.78. The molecule has 0 fully saturated rings. The lowest BCUT2D eigenvalue weighted by atomic mass is 10.2. The van der Waals surface area contributed by atoms with E-state index in [-0.39, 0.29) is 0 Å². The summed E-state index contributed by atoms with van der Waals surface area (Å²) in [6.45, 7) is 3.98. The first-order chi connectivity index (χ1) is 8.19. The Morgan fingerprint density at radius 2 is 2.06 bits per heavy atom. The number of rotatable bonds is 3. The Kier molecular flexibility index (Phi) is 3.18. The molecule has 0 radical (unpaired) electrons. The lowest BCUT2D eigenvalue weighted by molar-refractivity contribution is 0.452. The lowest BCUT2D eigenvalue weighted by Crippen LogP contribution is -1.98. The van der Waals surface area contributed by atoms with Crippen LogP contribution in [0.4, 0.5) is 5.82 Å². The smallest absolute Gasteiger partial charge is 0.239 e. The second-order valence-electron chi connectivity index (χ2n) is 3.64. The minimum Gasteiger partial charge on any atom is -0.436 e. The predicted octanol–water partition coefficient (Wildman–Crippen LogP) is 2.12. The highest BCUT2D eigenvalue weighted by Gasteiger charge is 2.06. The zero-order chi connectivity index (χ0) is 12.3. The molecule has 88 valence electrons. The standard InChI is InChI=1S/C12H14N4O/c1-3-9-10(5-4-8(2)15-9)17-12-7-14-6-11(13)16-12/h4-7H,3H2,1-2H3,(H2,13,16). The highest BCUT2D eigenvalue weighted by atomic mass is 16.5. The van der Waals surface area contributed by atoms with Crippen LogP contribution >= 0.6 is 0 Å². The van der Waals surface area contributed by atoms with E-state index in [9.17, 15) is 0 Å². The third-order valence-corrected chi connectivity index (χ3v) is 2.25. The molecule has 5 heteroatoms. The van der Waals surface area contributed by atoms with Crippen LogP contribution < -0.4 is 10.5 Å². The average Bonchev–Trinajstić information content (AvgIpc) is 2.31. The van der Waals surface area contributed by atoms with E-state index in [1.807, 2.05) is 26.0 Å². The fourth-order valence-corrected chi connectivity index (χ4v) is 1.47. The van der Waals surface area contributed by atoms with E-state index in [0.29, 0.717) is 17.4 Å². The summed E-state index contributed by atoms with van der Waals surface area (Å²) in [7, 11) is 0. The molecule has 0 bridgehead atoms. The molecule has 0 aromatic carbocycles. The van der Waals surface area contributed by atoms with E-state index in [4.69, 9.17) is 10.5 Å². The fourth-order valence-electron chi connectivity index (χ4n) is 1.47. The number of hydrogen-bond donors (Lipinski definition) is 1. The Balaban J connectivity index is 2.29. The monoisotopic (exact) mass is 230 g/mol. The molecule has 2 aromatic rings. The van der Waals surface area contributed by atoms with Gasteiger partial charge in [0.25, 0.3) is 0 Å². The van der Waals surface area contributed by atoms with Gasteiger partial charge < -0.3 is 10.5 Å². The van der Waals surface area contributed by atoms with Crippen LogP contribution in [0.5, 0.6) is 11.6 Å². The van der Waals surface area contributed by atoms with Crippen LogP contribution in [0.1, 0.15) is 18.3 Å². The van der Waals surface area contributed by atoms with Crippen molar-refractivity contribution in [2.75, 3.05) is 5.73 Å². The van der Waals surface area contributed by atoms with E-state index in [0.717, 1.165) is 17.8 Å². The zero-order valence-electron chi connectivity index (χ0n) is 9.84. The van der Waals surface area contributed by atoms with Gasteiger partial charge in [-0.2, -0.15) is 4.98 Å². The molecule has 17 heavy (non-hydrogen) atoms. The van der Waals surface area contributed by atoms with Gasteiger partial charge in [0.05, 0.1) is 18.1 Å². The minimum atomic E-state index is 0.334. The maximum absolute atomic E-state index is 5.62. The van der Waals surface area contributed by atoms with Gasteiger partial charge >= 0.3 is 0 Å². The van der Waals surface area contributed by atoms with Crippen molar-refractivity contribution in [3.05, 3.63) is 35.9 Å². The molecule has 2 N–H and O–H groups in total. The molecule has 0 saturated heterocycles. The Labute approximate surface area is 99.7 Å². The van der Waals surface area contributed by atoms with Crippen LogP contribution in [-0.2, 0) is 6.42 Å². The second-order valence-corrected chi connectivity index (χ2v) is 3.64. The molecule has 0 unspecified atom stereocenters. The Bertz CT molecular complexity index is 528. The molecule has 0 amide bonds. The summed E-state index contributed by atoms with van der Waals surface area (Å²) in [6.07, 6.45) is 3.80. The molecule has 2 aromatic heterocycles. The first-order valence-corrected chi connectivity index (χ1v) is 5.41. The summed E-state index contributed by atoms with van der Waals surface area (Å²) < 4.78 is 5.62. The average molecular weight is 230 g/mol. The zero-order valence-corrected chi connectivity index (χ0v) is 9.84. The van der Waals surface area contributed by atoms with Gasteiger partial charge in [-0.1, -0.05) is 6.92 Å². The van der Waals surface area contributed by atoms with E-state index < -0.39 is 0 Å². The number of nitrogens with zero attached hydrogens (tertiary/aromatic N) is 3. The van der Waals surface area contributed by atoms with Crippen LogP contribution in [0.3, 0.4) is 0 Å². The number of ether oxygens (including phenoxy) is 1. The molecule has 2 rings (SSSR count). The van der Waals surface area contributed by atoms with Crippen molar-refractivity contribution in [1.29, 1.82) is 0 Å². The minimum absolute atomic E-state index is 0.334. The Morgan fingerprint density at radius 3 is 2.76 bits per heavy atom. The molecule has 0 saturated carbocycles. The predicted molar refractivity (Wildman–Crippen MR) is 64.9 cm³/mol. The molecule has 0 aliphatic carbocycles. The SMILES string of the molecule is CCc1nc(C)ccc1Oc1cncc(N)n1.